The Bertz CT molecular complexity index is 1430. The van der Waals surface area contributed by atoms with Gasteiger partial charge < -0.3 is 14.3 Å². The number of nitrogens with one attached hydrogen (secondary N) is 1. The molecule has 0 aliphatic carbocycles. The first-order chi connectivity index (χ1) is 15.4. The van der Waals surface area contributed by atoms with E-state index < -0.39 is 10.0 Å². The molecule has 1 aliphatic rings. The SMILES string of the molecule is Cc1c(S(=O)(=O)N2CCn3nccc3C2)cc(C(=O)NCc2cccc3ccoc23)n1C. The van der Waals surface area contributed by atoms with Crippen LogP contribution in [0.5, 0.6) is 0 Å². The molecular formula is C22H23N5O4S. The summed E-state index contributed by atoms with van der Waals surface area (Å²) in [6.07, 6.45) is 3.28. The van der Waals surface area contributed by atoms with E-state index >= 15 is 0 Å². The van der Waals surface area contributed by atoms with Crippen LogP contribution >= 0.6 is 0 Å². The molecule has 0 radical (unpaired) electrons. The number of rotatable bonds is 5. The highest BCUT2D eigenvalue weighted by molar-refractivity contribution is 7.89. The lowest BCUT2D eigenvalue weighted by molar-refractivity contribution is 0.0942. The normalized spacial score (nSPS) is 14.6. The molecule has 10 heteroatoms. The monoisotopic (exact) mass is 453 g/mol. The molecule has 1 aliphatic heterocycles. The van der Waals surface area contributed by atoms with Gasteiger partial charge in [-0.15, -0.1) is 0 Å². The predicted octanol–water partition coefficient (Wildman–Crippen LogP) is 2.41. The number of aromatic nitrogens is 3. The van der Waals surface area contributed by atoms with E-state index in [9.17, 15) is 13.2 Å². The first kappa shape index (κ1) is 20.5. The van der Waals surface area contributed by atoms with Gasteiger partial charge >= 0.3 is 0 Å². The smallest absolute Gasteiger partial charge is 0.268 e. The third kappa shape index (κ3) is 3.32. The summed E-state index contributed by atoms with van der Waals surface area (Å²) in [4.78, 5) is 13.1. The third-order valence-electron chi connectivity index (χ3n) is 6.04. The Morgan fingerprint density at radius 2 is 2.06 bits per heavy atom. The lowest BCUT2D eigenvalue weighted by Gasteiger charge is -2.26. The van der Waals surface area contributed by atoms with E-state index in [-0.39, 0.29) is 29.6 Å². The standard InChI is InChI=1S/C22H23N5O4S/c1-15-20(32(29,30)26-9-10-27-18(14-26)6-8-24-27)12-19(25(15)2)22(28)23-13-17-5-3-4-16-7-11-31-21(16)17/h3-8,11-12H,9-10,13-14H2,1-2H3,(H,23,28). The maximum atomic E-state index is 13.4. The Morgan fingerprint density at radius 1 is 1.22 bits per heavy atom. The summed E-state index contributed by atoms with van der Waals surface area (Å²) in [7, 11) is -2.06. The number of fused-ring (bicyclic) bond motifs is 2. The molecule has 4 heterocycles. The summed E-state index contributed by atoms with van der Waals surface area (Å²) in [5.74, 6) is -0.350. The van der Waals surface area contributed by atoms with Crippen molar-refractivity contribution in [3.63, 3.8) is 0 Å². The minimum Gasteiger partial charge on any atom is -0.464 e. The second-order valence-corrected chi connectivity index (χ2v) is 9.77. The van der Waals surface area contributed by atoms with E-state index in [4.69, 9.17) is 4.42 Å². The molecule has 166 valence electrons. The number of carbonyl (C=O) groups is 1. The fourth-order valence-corrected chi connectivity index (χ4v) is 5.79. The number of furan rings is 1. The molecule has 0 fully saturated rings. The van der Waals surface area contributed by atoms with E-state index in [2.05, 4.69) is 10.4 Å². The van der Waals surface area contributed by atoms with Gasteiger partial charge in [0.25, 0.3) is 5.91 Å². The fourth-order valence-electron chi connectivity index (χ4n) is 4.12. The van der Waals surface area contributed by atoms with Gasteiger partial charge in [-0.25, -0.2) is 8.42 Å². The molecule has 0 saturated heterocycles. The summed E-state index contributed by atoms with van der Waals surface area (Å²) in [5, 5.41) is 8.04. The van der Waals surface area contributed by atoms with E-state index in [0.717, 1.165) is 22.2 Å². The molecule has 9 nitrogen and oxygen atoms in total. The van der Waals surface area contributed by atoms with Crippen LogP contribution in [0.25, 0.3) is 11.0 Å². The van der Waals surface area contributed by atoms with Crippen LogP contribution in [0.15, 0.2) is 58.2 Å². The van der Waals surface area contributed by atoms with Crippen molar-refractivity contribution in [2.45, 2.75) is 31.5 Å². The van der Waals surface area contributed by atoms with Gasteiger partial charge in [-0.2, -0.15) is 9.40 Å². The quantitative estimate of drug-likeness (QED) is 0.500. The number of nitrogens with zero attached hydrogens (tertiary/aromatic N) is 4. The summed E-state index contributed by atoms with van der Waals surface area (Å²) in [6, 6.07) is 10.9. The van der Waals surface area contributed by atoms with Gasteiger partial charge in [0.15, 0.2) is 0 Å². The van der Waals surface area contributed by atoms with Gasteiger partial charge in [-0.05, 0) is 25.1 Å². The van der Waals surface area contributed by atoms with Crippen LogP contribution in [0.3, 0.4) is 0 Å². The molecule has 1 amide bonds. The number of amides is 1. The molecule has 0 saturated carbocycles. The second-order valence-electron chi connectivity index (χ2n) is 7.86. The summed E-state index contributed by atoms with van der Waals surface area (Å²) >= 11 is 0. The molecular weight excluding hydrogens is 430 g/mol. The third-order valence-corrected chi connectivity index (χ3v) is 8.00. The maximum absolute atomic E-state index is 13.4. The molecule has 32 heavy (non-hydrogen) atoms. The number of sulfonamides is 1. The highest BCUT2D eigenvalue weighted by atomic mass is 32.2. The lowest BCUT2D eigenvalue weighted by atomic mass is 10.1. The van der Waals surface area contributed by atoms with Gasteiger partial charge in [0.2, 0.25) is 10.0 Å². The largest absolute Gasteiger partial charge is 0.464 e. The van der Waals surface area contributed by atoms with Crippen molar-refractivity contribution in [2.24, 2.45) is 7.05 Å². The van der Waals surface area contributed by atoms with Crippen LogP contribution in [0.2, 0.25) is 0 Å². The first-order valence-electron chi connectivity index (χ1n) is 10.3. The average molecular weight is 454 g/mol. The Labute approximate surface area is 185 Å². The van der Waals surface area contributed by atoms with Crippen LogP contribution in [-0.4, -0.2) is 39.5 Å². The first-order valence-corrected chi connectivity index (χ1v) is 11.7. The molecule has 0 spiro atoms. The zero-order valence-corrected chi connectivity index (χ0v) is 18.6. The molecule has 5 rings (SSSR count). The van der Waals surface area contributed by atoms with Crippen LogP contribution in [0.1, 0.15) is 27.4 Å². The lowest BCUT2D eigenvalue weighted by Crippen LogP contribution is -2.38. The van der Waals surface area contributed by atoms with Crippen LogP contribution < -0.4 is 5.32 Å². The molecule has 0 atom stereocenters. The highest BCUT2D eigenvalue weighted by Gasteiger charge is 2.32. The zero-order chi connectivity index (χ0) is 22.5. The Hall–Kier alpha value is -3.37. The number of para-hydroxylation sites is 1. The average Bonchev–Trinajstić information content (AvgIpc) is 3.51. The van der Waals surface area contributed by atoms with E-state index in [1.807, 2.05) is 35.0 Å². The van der Waals surface area contributed by atoms with Gasteiger partial charge in [-0.1, -0.05) is 18.2 Å². The molecule has 4 aromatic rings. The predicted molar refractivity (Wildman–Crippen MR) is 117 cm³/mol. The molecule has 1 N–H and O–H groups in total. The topological polar surface area (TPSA) is 102 Å². The number of benzene rings is 1. The van der Waals surface area contributed by atoms with Gasteiger partial charge in [-0.3, -0.25) is 9.48 Å². The summed E-state index contributed by atoms with van der Waals surface area (Å²) in [6.45, 7) is 3.07. The van der Waals surface area contributed by atoms with Gasteiger partial charge in [0, 0.05) is 43.0 Å². The van der Waals surface area contributed by atoms with Crippen molar-refractivity contribution in [1.29, 1.82) is 0 Å². The van der Waals surface area contributed by atoms with Crippen molar-refractivity contribution in [2.75, 3.05) is 6.54 Å². The summed E-state index contributed by atoms with van der Waals surface area (Å²) < 4.78 is 37.1. The van der Waals surface area contributed by atoms with Crippen molar-refractivity contribution < 1.29 is 17.6 Å². The van der Waals surface area contributed by atoms with Crippen molar-refractivity contribution in [1.82, 2.24) is 24.0 Å². The fraction of sp³-hybridized carbons (Fsp3) is 0.273. The van der Waals surface area contributed by atoms with E-state index in [1.54, 1.807) is 31.0 Å². The minimum atomic E-state index is -3.76. The Morgan fingerprint density at radius 3 is 2.91 bits per heavy atom. The summed E-state index contributed by atoms with van der Waals surface area (Å²) in [5.41, 5.74) is 3.23. The van der Waals surface area contributed by atoms with Crippen molar-refractivity contribution >= 4 is 26.9 Å². The molecule has 1 aromatic carbocycles. The number of hydrogen-bond acceptors (Lipinski definition) is 5. The van der Waals surface area contributed by atoms with Gasteiger partial charge in [0.1, 0.15) is 16.2 Å². The Balaban J connectivity index is 1.38. The van der Waals surface area contributed by atoms with Crippen molar-refractivity contribution in [3.05, 3.63) is 71.5 Å². The Kier molecular flexibility index (Phi) is 4.90. The highest BCUT2D eigenvalue weighted by Crippen LogP contribution is 2.26. The number of carbonyl (C=O) groups excluding carboxylic acids is 1. The second kappa shape index (κ2) is 7.64. The molecule has 0 bridgehead atoms. The maximum Gasteiger partial charge on any atom is 0.268 e. The van der Waals surface area contributed by atoms with Gasteiger partial charge in [0.05, 0.1) is 25.0 Å². The molecule has 3 aromatic heterocycles. The van der Waals surface area contributed by atoms with Crippen molar-refractivity contribution in [3.8, 4) is 0 Å². The van der Waals surface area contributed by atoms with Crippen LogP contribution in [-0.2, 0) is 36.7 Å². The van der Waals surface area contributed by atoms with Crippen LogP contribution in [0.4, 0.5) is 0 Å². The van der Waals surface area contributed by atoms with E-state index in [0.29, 0.717) is 18.8 Å². The van der Waals surface area contributed by atoms with Crippen LogP contribution in [0, 0.1) is 6.92 Å². The zero-order valence-electron chi connectivity index (χ0n) is 17.8. The van der Waals surface area contributed by atoms with E-state index in [1.165, 1.54) is 10.4 Å². The molecule has 0 unspecified atom stereocenters. The minimum absolute atomic E-state index is 0.145. The number of hydrogen-bond donors (Lipinski definition) is 1.